The molecule has 19 heavy (non-hydrogen) atoms. The maximum absolute atomic E-state index is 4.25. The van der Waals surface area contributed by atoms with Crippen molar-refractivity contribution in [1.82, 2.24) is 15.2 Å². The zero-order valence-electron chi connectivity index (χ0n) is 12.8. The van der Waals surface area contributed by atoms with Gasteiger partial charge in [-0.3, -0.25) is 4.98 Å². The molecular weight excluding hydrogens is 236 g/mol. The molecule has 0 aliphatic carbocycles. The smallest absolute Gasteiger partial charge is 0.0442 e. The van der Waals surface area contributed by atoms with Crippen molar-refractivity contribution < 1.29 is 0 Å². The molecule has 0 radical (unpaired) electrons. The summed E-state index contributed by atoms with van der Waals surface area (Å²) in [5, 5.41) is 3.38. The van der Waals surface area contributed by atoms with Gasteiger partial charge in [-0.25, -0.2) is 0 Å². The number of rotatable bonds is 9. The molecule has 108 valence electrons. The minimum absolute atomic E-state index is 0.893. The van der Waals surface area contributed by atoms with E-state index in [0.29, 0.717) is 0 Å². The Morgan fingerprint density at radius 2 is 2.00 bits per heavy atom. The third kappa shape index (κ3) is 5.57. The van der Waals surface area contributed by atoms with Crippen molar-refractivity contribution >= 4 is 5.69 Å². The lowest BCUT2D eigenvalue weighted by molar-refractivity contribution is 0.400. The summed E-state index contributed by atoms with van der Waals surface area (Å²) < 4.78 is 0. The Balaban J connectivity index is 2.68. The van der Waals surface area contributed by atoms with Gasteiger partial charge in [0.05, 0.1) is 0 Å². The zero-order valence-corrected chi connectivity index (χ0v) is 12.8. The fraction of sp³-hybridized carbons (Fsp3) is 0.667. The van der Waals surface area contributed by atoms with Gasteiger partial charge in [0, 0.05) is 43.3 Å². The van der Waals surface area contributed by atoms with Crippen molar-refractivity contribution in [2.24, 2.45) is 0 Å². The van der Waals surface area contributed by atoms with Gasteiger partial charge in [-0.05, 0) is 46.6 Å². The third-order valence-electron chi connectivity index (χ3n) is 3.20. The highest BCUT2D eigenvalue weighted by Gasteiger charge is 2.09. The second-order valence-corrected chi connectivity index (χ2v) is 5.02. The van der Waals surface area contributed by atoms with E-state index in [9.17, 15) is 0 Å². The molecule has 1 N–H and O–H groups in total. The molecule has 0 saturated carbocycles. The predicted octanol–water partition coefficient (Wildman–Crippen LogP) is 1.97. The van der Waals surface area contributed by atoms with Gasteiger partial charge in [-0.1, -0.05) is 6.92 Å². The summed E-state index contributed by atoms with van der Waals surface area (Å²) in [5.74, 6) is 0. The molecular formula is C15H28N4. The number of pyridine rings is 1. The quantitative estimate of drug-likeness (QED) is 0.739. The average Bonchev–Trinajstić information content (AvgIpc) is 2.41. The monoisotopic (exact) mass is 264 g/mol. The first-order chi connectivity index (χ1) is 9.19. The third-order valence-corrected chi connectivity index (χ3v) is 3.20. The average molecular weight is 264 g/mol. The van der Waals surface area contributed by atoms with Crippen LogP contribution in [0.5, 0.6) is 0 Å². The van der Waals surface area contributed by atoms with Gasteiger partial charge in [0.25, 0.3) is 0 Å². The Bertz CT molecular complexity index is 352. The lowest BCUT2D eigenvalue weighted by Gasteiger charge is -2.26. The molecule has 0 atom stereocenters. The van der Waals surface area contributed by atoms with Crippen LogP contribution in [-0.4, -0.2) is 50.2 Å². The molecule has 4 nitrogen and oxygen atoms in total. The highest BCUT2D eigenvalue weighted by Crippen LogP contribution is 2.19. The number of hydrogen-bond donors (Lipinski definition) is 1. The van der Waals surface area contributed by atoms with Crippen LogP contribution in [0.1, 0.15) is 25.8 Å². The number of nitrogens with zero attached hydrogens (tertiary/aromatic N) is 3. The lowest BCUT2D eigenvalue weighted by atomic mass is 10.2. The van der Waals surface area contributed by atoms with E-state index >= 15 is 0 Å². The first kappa shape index (κ1) is 15.9. The predicted molar refractivity (Wildman–Crippen MR) is 82.7 cm³/mol. The van der Waals surface area contributed by atoms with Gasteiger partial charge in [-0.15, -0.1) is 0 Å². The Hall–Kier alpha value is -1.13. The second-order valence-electron chi connectivity index (χ2n) is 5.02. The summed E-state index contributed by atoms with van der Waals surface area (Å²) in [7, 11) is 4.25. The number of anilines is 1. The van der Waals surface area contributed by atoms with Crippen molar-refractivity contribution in [1.29, 1.82) is 0 Å². The number of nitrogens with one attached hydrogen (secondary N) is 1. The van der Waals surface area contributed by atoms with E-state index in [2.05, 4.69) is 54.1 Å². The fourth-order valence-electron chi connectivity index (χ4n) is 2.15. The maximum atomic E-state index is 4.25. The summed E-state index contributed by atoms with van der Waals surface area (Å²) in [6, 6.07) is 2.13. The van der Waals surface area contributed by atoms with Crippen LogP contribution in [0.25, 0.3) is 0 Å². The van der Waals surface area contributed by atoms with Crippen molar-refractivity contribution in [2.75, 3.05) is 45.2 Å². The van der Waals surface area contributed by atoms with Crippen LogP contribution in [0, 0.1) is 0 Å². The topological polar surface area (TPSA) is 31.4 Å². The Morgan fingerprint density at radius 1 is 1.21 bits per heavy atom. The van der Waals surface area contributed by atoms with Crippen molar-refractivity contribution in [3.63, 3.8) is 0 Å². The van der Waals surface area contributed by atoms with E-state index in [1.54, 1.807) is 0 Å². The van der Waals surface area contributed by atoms with Gasteiger partial charge in [-0.2, -0.15) is 0 Å². The van der Waals surface area contributed by atoms with Gasteiger partial charge >= 0.3 is 0 Å². The molecule has 0 fully saturated rings. The Labute approximate surface area is 117 Å². The van der Waals surface area contributed by atoms with E-state index in [4.69, 9.17) is 0 Å². The summed E-state index contributed by atoms with van der Waals surface area (Å²) in [6.45, 7) is 9.49. The number of hydrogen-bond acceptors (Lipinski definition) is 4. The largest absolute Gasteiger partial charge is 0.371 e. The molecule has 1 rings (SSSR count). The maximum Gasteiger partial charge on any atom is 0.0442 e. The van der Waals surface area contributed by atoms with Crippen LogP contribution in [-0.2, 0) is 6.54 Å². The fourth-order valence-corrected chi connectivity index (χ4v) is 2.15. The standard InChI is InChI=1S/C15H28N4/c1-5-16-12-14-13-17-9-8-15(14)19(6-2)11-7-10-18(3)4/h8-9,13,16H,5-7,10-12H2,1-4H3. The van der Waals surface area contributed by atoms with E-state index < -0.39 is 0 Å². The molecule has 0 saturated heterocycles. The highest BCUT2D eigenvalue weighted by molar-refractivity contribution is 5.52. The molecule has 0 aliphatic rings. The van der Waals surface area contributed by atoms with Gasteiger partial charge in [0.15, 0.2) is 0 Å². The van der Waals surface area contributed by atoms with Crippen molar-refractivity contribution in [2.45, 2.75) is 26.8 Å². The minimum atomic E-state index is 0.893. The molecule has 0 aromatic carbocycles. The highest BCUT2D eigenvalue weighted by atomic mass is 15.1. The van der Waals surface area contributed by atoms with Crippen molar-refractivity contribution in [3.8, 4) is 0 Å². The van der Waals surface area contributed by atoms with Crippen LogP contribution in [0.4, 0.5) is 5.69 Å². The van der Waals surface area contributed by atoms with Crippen LogP contribution in [0.15, 0.2) is 18.5 Å². The van der Waals surface area contributed by atoms with Gasteiger partial charge in [0.2, 0.25) is 0 Å². The minimum Gasteiger partial charge on any atom is -0.371 e. The first-order valence-corrected chi connectivity index (χ1v) is 7.22. The van der Waals surface area contributed by atoms with Crippen LogP contribution >= 0.6 is 0 Å². The summed E-state index contributed by atoms with van der Waals surface area (Å²) in [5.41, 5.74) is 2.60. The number of aromatic nitrogens is 1. The van der Waals surface area contributed by atoms with Crippen LogP contribution in [0.2, 0.25) is 0 Å². The van der Waals surface area contributed by atoms with Crippen molar-refractivity contribution in [3.05, 3.63) is 24.0 Å². The molecule has 0 bridgehead atoms. The van der Waals surface area contributed by atoms with Gasteiger partial charge in [0.1, 0.15) is 0 Å². The second kappa shape index (κ2) is 8.88. The van der Waals surface area contributed by atoms with E-state index in [0.717, 1.165) is 32.7 Å². The zero-order chi connectivity index (χ0) is 14.1. The normalized spacial score (nSPS) is 11.0. The van der Waals surface area contributed by atoms with E-state index in [-0.39, 0.29) is 0 Å². The van der Waals surface area contributed by atoms with Gasteiger partial charge < -0.3 is 15.1 Å². The Kier molecular flexibility index (Phi) is 7.45. The van der Waals surface area contributed by atoms with E-state index in [1.807, 2.05) is 12.4 Å². The molecule has 4 heteroatoms. The molecule has 0 unspecified atom stereocenters. The molecule has 0 amide bonds. The molecule has 1 heterocycles. The van der Waals surface area contributed by atoms with Crippen LogP contribution < -0.4 is 10.2 Å². The molecule has 1 aromatic rings. The van der Waals surface area contributed by atoms with E-state index in [1.165, 1.54) is 17.7 Å². The molecule has 0 aliphatic heterocycles. The summed E-state index contributed by atoms with van der Waals surface area (Å²) >= 11 is 0. The summed E-state index contributed by atoms with van der Waals surface area (Å²) in [6.07, 6.45) is 5.05. The Morgan fingerprint density at radius 3 is 2.63 bits per heavy atom. The first-order valence-electron chi connectivity index (χ1n) is 7.22. The lowest BCUT2D eigenvalue weighted by Crippen LogP contribution is -2.28. The van der Waals surface area contributed by atoms with Crippen LogP contribution in [0.3, 0.4) is 0 Å². The summed E-state index contributed by atoms with van der Waals surface area (Å²) in [4.78, 5) is 8.93. The molecule has 0 spiro atoms. The molecule has 1 aromatic heterocycles. The SMILES string of the molecule is CCNCc1cnccc1N(CC)CCCN(C)C.